The van der Waals surface area contributed by atoms with Gasteiger partial charge in [0.15, 0.2) is 0 Å². The van der Waals surface area contributed by atoms with Crippen LogP contribution in [0, 0.1) is 5.82 Å². The highest BCUT2D eigenvalue weighted by molar-refractivity contribution is 9.10. The molecule has 0 heterocycles. The van der Waals surface area contributed by atoms with Gasteiger partial charge in [-0.15, -0.1) is 0 Å². The summed E-state index contributed by atoms with van der Waals surface area (Å²) in [5.41, 5.74) is 1.45. The molecule has 2 aromatic rings. The van der Waals surface area contributed by atoms with Gasteiger partial charge >= 0.3 is 0 Å². The van der Waals surface area contributed by atoms with Crippen molar-refractivity contribution < 1.29 is 9.18 Å². The highest BCUT2D eigenvalue weighted by Crippen LogP contribution is 2.11. The van der Waals surface area contributed by atoms with Crippen LogP contribution in [0.3, 0.4) is 0 Å². The molecule has 0 fully saturated rings. The molecule has 0 saturated heterocycles. The minimum Gasteiger partial charge on any atom is -0.348 e. The highest BCUT2D eigenvalue weighted by atomic mass is 79.9. The average Bonchev–Trinajstić information content (AvgIpc) is 2.38. The van der Waals surface area contributed by atoms with Gasteiger partial charge in [0, 0.05) is 16.6 Å². The van der Waals surface area contributed by atoms with Crippen molar-refractivity contribution in [3.8, 4) is 0 Å². The lowest BCUT2D eigenvalue weighted by molar-refractivity contribution is 0.0951. The van der Waals surface area contributed by atoms with Crippen molar-refractivity contribution in [2.24, 2.45) is 0 Å². The molecule has 0 aliphatic heterocycles. The second-order valence-electron chi connectivity index (χ2n) is 3.82. The zero-order valence-corrected chi connectivity index (χ0v) is 11.1. The number of amides is 1. The molecule has 18 heavy (non-hydrogen) atoms. The Kier molecular flexibility index (Phi) is 4.10. The number of carbonyl (C=O) groups excluding carboxylic acids is 1. The molecule has 0 aliphatic rings. The zero-order valence-electron chi connectivity index (χ0n) is 9.49. The number of halogens is 2. The third-order valence-corrected chi connectivity index (χ3v) is 2.95. The lowest BCUT2D eigenvalue weighted by Gasteiger charge is -2.05. The van der Waals surface area contributed by atoms with Crippen LogP contribution in [0.2, 0.25) is 0 Å². The second-order valence-corrected chi connectivity index (χ2v) is 4.74. The third kappa shape index (κ3) is 3.40. The molecule has 0 saturated carbocycles. The Balaban J connectivity index is 1.98. The number of rotatable bonds is 3. The summed E-state index contributed by atoms with van der Waals surface area (Å²) in [6.45, 7) is 0.381. The minimum atomic E-state index is -0.280. The van der Waals surface area contributed by atoms with E-state index in [1.54, 1.807) is 30.3 Å². The molecule has 1 N–H and O–H groups in total. The van der Waals surface area contributed by atoms with Gasteiger partial charge in [-0.3, -0.25) is 4.79 Å². The Morgan fingerprint density at radius 3 is 2.56 bits per heavy atom. The fourth-order valence-electron chi connectivity index (χ4n) is 1.52. The van der Waals surface area contributed by atoms with Gasteiger partial charge in [0.2, 0.25) is 0 Å². The van der Waals surface area contributed by atoms with E-state index in [0.717, 1.165) is 10.0 Å². The largest absolute Gasteiger partial charge is 0.348 e. The molecule has 2 aromatic carbocycles. The van der Waals surface area contributed by atoms with E-state index in [9.17, 15) is 9.18 Å². The zero-order chi connectivity index (χ0) is 13.0. The predicted octanol–water partition coefficient (Wildman–Crippen LogP) is 3.52. The SMILES string of the molecule is O=C(NCc1ccc(F)cc1)c1cccc(Br)c1. The normalized spacial score (nSPS) is 10.1. The number of hydrogen-bond donors (Lipinski definition) is 1. The first-order valence-corrected chi connectivity index (χ1v) is 6.22. The number of nitrogens with one attached hydrogen (secondary N) is 1. The Morgan fingerprint density at radius 1 is 1.17 bits per heavy atom. The summed E-state index contributed by atoms with van der Waals surface area (Å²) in [6.07, 6.45) is 0. The molecule has 0 aromatic heterocycles. The Morgan fingerprint density at radius 2 is 1.89 bits per heavy atom. The average molecular weight is 308 g/mol. The Bertz CT molecular complexity index is 554. The molecule has 0 aliphatic carbocycles. The van der Waals surface area contributed by atoms with Crippen LogP contribution in [0.4, 0.5) is 4.39 Å². The smallest absolute Gasteiger partial charge is 0.251 e. The summed E-state index contributed by atoms with van der Waals surface area (Å²) in [7, 11) is 0. The molecule has 0 bridgehead atoms. The second kappa shape index (κ2) is 5.78. The van der Waals surface area contributed by atoms with Crippen molar-refractivity contribution >= 4 is 21.8 Å². The number of benzene rings is 2. The Labute approximate surface area is 113 Å². The topological polar surface area (TPSA) is 29.1 Å². The first-order valence-electron chi connectivity index (χ1n) is 5.43. The van der Waals surface area contributed by atoms with Crippen LogP contribution in [0.25, 0.3) is 0 Å². The van der Waals surface area contributed by atoms with Crippen LogP contribution in [-0.2, 0) is 6.54 Å². The van der Waals surface area contributed by atoms with Gasteiger partial charge < -0.3 is 5.32 Å². The molecule has 2 nitrogen and oxygen atoms in total. The molecule has 0 atom stereocenters. The standard InChI is InChI=1S/C14H11BrFNO/c15-12-3-1-2-11(8-12)14(18)17-9-10-4-6-13(16)7-5-10/h1-8H,9H2,(H,17,18). The number of carbonyl (C=O) groups is 1. The van der Waals surface area contributed by atoms with Gasteiger partial charge in [0.25, 0.3) is 5.91 Å². The van der Waals surface area contributed by atoms with Gasteiger partial charge in [0.05, 0.1) is 0 Å². The monoisotopic (exact) mass is 307 g/mol. The molecular formula is C14H11BrFNO. The summed E-state index contributed by atoms with van der Waals surface area (Å²) in [5.74, 6) is -0.433. The quantitative estimate of drug-likeness (QED) is 0.923. The third-order valence-electron chi connectivity index (χ3n) is 2.45. The maximum Gasteiger partial charge on any atom is 0.251 e. The maximum absolute atomic E-state index is 12.7. The summed E-state index contributed by atoms with van der Waals surface area (Å²) < 4.78 is 13.6. The van der Waals surface area contributed by atoms with Crippen molar-refractivity contribution in [3.05, 3.63) is 69.9 Å². The maximum atomic E-state index is 12.7. The molecule has 2 rings (SSSR count). The van der Waals surface area contributed by atoms with Crippen LogP contribution in [0.15, 0.2) is 53.0 Å². The van der Waals surface area contributed by atoms with E-state index in [2.05, 4.69) is 21.2 Å². The first kappa shape index (κ1) is 12.8. The van der Waals surface area contributed by atoms with E-state index in [4.69, 9.17) is 0 Å². The molecule has 1 amide bonds. The van der Waals surface area contributed by atoms with E-state index in [0.29, 0.717) is 12.1 Å². The van der Waals surface area contributed by atoms with E-state index >= 15 is 0 Å². The van der Waals surface area contributed by atoms with Crippen molar-refractivity contribution in [2.75, 3.05) is 0 Å². The summed E-state index contributed by atoms with van der Waals surface area (Å²) >= 11 is 3.31. The van der Waals surface area contributed by atoms with Crippen LogP contribution >= 0.6 is 15.9 Å². The van der Waals surface area contributed by atoms with Crippen LogP contribution in [0.5, 0.6) is 0 Å². The van der Waals surface area contributed by atoms with Gasteiger partial charge in [-0.25, -0.2) is 4.39 Å². The molecule has 0 unspecified atom stereocenters. The molecule has 4 heteroatoms. The molecular weight excluding hydrogens is 297 g/mol. The van der Waals surface area contributed by atoms with E-state index in [1.807, 2.05) is 6.07 Å². The van der Waals surface area contributed by atoms with Gasteiger partial charge in [-0.1, -0.05) is 34.1 Å². The van der Waals surface area contributed by atoms with Crippen LogP contribution < -0.4 is 5.32 Å². The van der Waals surface area contributed by atoms with Crippen molar-refractivity contribution in [1.29, 1.82) is 0 Å². The fraction of sp³-hybridized carbons (Fsp3) is 0.0714. The Hall–Kier alpha value is -1.68. The lowest BCUT2D eigenvalue weighted by atomic mass is 10.2. The summed E-state index contributed by atoms with van der Waals surface area (Å²) in [6, 6.07) is 13.2. The van der Waals surface area contributed by atoms with Crippen LogP contribution in [-0.4, -0.2) is 5.91 Å². The van der Waals surface area contributed by atoms with Crippen LogP contribution in [0.1, 0.15) is 15.9 Å². The minimum absolute atomic E-state index is 0.152. The summed E-state index contributed by atoms with van der Waals surface area (Å²) in [4.78, 5) is 11.8. The predicted molar refractivity (Wildman–Crippen MR) is 71.7 cm³/mol. The van der Waals surface area contributed by atoms with Gasteiger partial charge in [-0.05, 0) is 35.9 Å². The van der Waals surface area contributed by atoms with E-state index in [1.165, 1.54) is 12.1 Å². The van der Waals surface area contributed by atoms with Gasteiger partial charge in [0.1, 0.15) is 5.82 Å². The van der Waals surface area contributed by atoms with E-state index < -0.39 is 0 Å². The fourth-order valence-corrected chi connectivity index (χ4v) is 1.92. The number of hydrogen-bond acceptors (Lipinski definition) is 1. The molecule has 0 spiro atoms. The van der Waals surface area contributed by atoms with E-state index in [-0.39, 0.29) is 11.7 Å². The highest BCUT2D eigenvalue weighted by Gasteiger charge is 2.05. The van der Waals surface area contributed by atoms with Crippen molar-refractivity contribution in [1.82, 2.24) is 5.32 Å². The van der Waals surface area contributed by atoms with Crippen molar-refractivity contribution in [2.45, 2.75) is 6.54 Å². The first-order chi connectivity index (χ1) is 8.65. The molecule has 0 radical (unpaired) electrons. The molecule has 92 valence electrons. The lowest BCUT2D eigenvalue weighted by Crippen LogP contribution is -2.22. The summed E-state index contributed by atoms with van der Waals surface area (Å²) in [5, 5.41) is 2.78. The van der Waals surface area contributed by atoms with Crippen molar-refractivity contribution in [3.63, 3.8) is 0 Å². The van der Waals surface area contributed by atoms with Gasteiger partial charge in [-0.2, -0.15) is 0 Å².